The van der Waals surface area contributed by atoms with E-state index in [1.54, 1.807) is 24.3 Å². The number of ether oxygens (including phenoxy) is 2. The summed E-state index contributed by atoms with van der Waals surface area (Å²) in [6.07, 6.45) is 1.80. The Kier molecular flexibility index (Phi) is 6.20. The summed E-state index contributed by atoms with van der Waals surface area (Å²) in [7, 11) is 0. The van der Waals surface area contributed by atoms with Crippen LogP contribution < -0.4 is 10.1 Å². The summed E-state index contributed by atoms with van der Waals surface area (Å²) < 4.78 is 39.6. The van der Waals surface area contributed by atoms with E-state index in [9.17, 15) is 18.7 Å². The lowest BCUT2D eigenvalue weighted by atomic mass is 10.1. The topological polar surface area (TPSA) is 80.7 Å². The van der Waals surface area contributed by atoms with Gasteiger partial charge >= 0.3 is 0 Å². The highest BCUT2D eigenvalue weighted by molar-refractivity contribution is 6.30. The fourth-order valence-electron chi connectivity index (χ4n) is 3.35. The Balaban J connectivity index is 1.62. The number of aromatic nitrogens is 1. The van der Waals surface area contributed by atoms with E-state index in [4.69, 9.17) is 21.1 Å². The molecule has 3 aromatic rings. The van der Waals surface area contributed by atoms with Crippen molar-refractivity contribution in [3.63, 3.8) is 0 Å². The van der Waals surface area contributed by atoms with Crippen molar-refractivity contribution >= 4 is 28.4 Å². The molecular formula is C22H19ClF2N2O4. The number of amides is 1. The van der Waals surface area contributed by atoms with Crippen LogP contribution >= 0.6 is 11.6 Å². The smallest absolute Gasteiger partial charge is 0.256 e. The third kappa shape index (κ3) is 4.55. The molecule has 2 aromatic carbocycles. The molecule has 1 saturated heterocycles. The first kappa shape index (κ1) is 21.3. The second-order valence-electron chi connectivity index (χ2n) is 7.16. The molecule has 1 aliphatic heterocycles. The van der Waals surface area contributed by atoms with Crippen LogP contribution in [-0.4, -0.2) is 35.3 Å². The zero-order valence-corrected chi connectivity index (χ0v) is 17.1. The van der Waals surface area contributed by atoms with Crippen molar-refractivity contribution in [2.75, 3.05) is 13.2 Å². The first-order chi connectivity index (χ1) is 14.9. The van der Waals surface area contributed by atoms with Gasteiger partial charge in [-0.3, -0.25) is 9.78 Å². The van der Waals surface area contributed by atoms with E-state index in [1.165, 1.54) is 0 Å². The maximum Gasteiger partial charge on any atom is 0.256 e. The molecule has 0 bridgehead atoms. The van der Waals surface area contributed by atoms with Crippen LogP contribution in [0.1, 0.15) is 28.8 Å². The molecule has 9 heteroatoms. The van der Waals surface area contributed by atoms with Crippen molar-refractivity contribution in [1.82, 2.24) is 10.3 Å². The van der Waals surface area contributed by atoms with Crippen molar-refractivity contribution in [2.24, 2.45) is 0 Å². The number of carbonyl (C=O) groups is 1. The molecule has 2 N–H and O–H groups in total. The molecule has 1 aliphatic rings. The number of rotatable bonds is 5. The van der Waals surface area contributed by atoms with Gasteiger partial charge in [0.25, 0.3) is 5.91 Å². The SMILES string of the molecule is O=C(NCc1ccc(Cl)cc1)c1cnc2c(OC3CCOCC3)c(F)c(F)cc2c1O. The number of aromatic hydroxyl groups is 1. The number of halogens is 3. The minimum absolute atomic E-state index is 0.0582. The molecule has 162 valence electrons. The number of hydrogen-bond acceptors (Lipinski definition) is 5. The van der Waals surface area contributed by atoms with Crippen LogP contribution in [0, 0.1) is 11.6 Å². The molecule has 1 amide bonds. The largest absolute Gasteiger partial charge is 0.506 e. The Morgan fingerprint density at radius 1 is 1.26 bits per heavy atom. The quantitative estimate of drug-likeness (QED) is 0.606. The molecule has 0 unspecified atom stereocenters. The molecule has 1 aromatic heterocycles. The lowest BCUT2D eigenvalue weighted by Gasteiger charge is -2.24. The van der Waals surface area contributed by atoms with Gasteiger partial charge in [0.05, 0.1) is 13.2 Å². The predicted molar refractivity (Wildman–Crippen MR) is 110 cm³/mol. The highest BCUT2D eigenvalue weighted by Gasteiger charge is 2.25. The van der Waals surface area contributed by atoms with Crippen LogP contribution in [-0.2, 0) is 11.3 Å². The number of carbonyl (C=O) groups excluding carboxylic acids is 1. The lowest BCUT2D eigenvalue weighted by Crippen LogP contribution is -2.26. The van der Waals surface area contributed by atoms with E-state index < -0.39 is 23.3 Å². The van der Waals surface area contributed by atoms with E-state index in [1.807, 2.05) is 0 Å². The third-order valence-electron chi connectivity index (χ3n) is 5.05. The summed E-state index contributed by atoms with van der Waals surface area (Å²) in [6, 6.07) is 7.68. The van der Waals surface area contributed by atoms with Gasteiger partial charge in [0.2, 0.25) is 5.82 Å². The lowest BCUT2D eigenvalue weighted by molar-refractivity contribution is 0.0243. The number of nitrogens with zero attached hydrogens (tertiary/aromatic N) is 1. The first-order valence-corrected chi connectivity index (χ1v) is 10.1. The number of fused-ring (bicyclic) bond motifs is 1. The fraction of sp³-hybridized carbons (Fsp3) is 0.273. The Morgan fingerprint density at radius 2 is 1.97 bits per heavy atom. The van der Waals surface area contributed by atoms with E-state index in [0.717, 1.165) is 17.8 Å². The van der Waals surface area contributed by atoms with E-state index in [2.05, 4.69) is 10.3 Å². The molecule has 0 atom stereocenters. The van der Waals surface area contributed by atoms with Crippen LogP contribution in [0.25, 0.3) is 10.9 Å². The Bertz CT molecular complexity index is 1120. The van der Waals surface area contributed by atoms with Crippen LogP contribution in [0.5, 0.6) is 11.5 Å². The summed E-state index contributed by atoms with van der Waals surface area (Å²) in [5, 5.41) is 13.7. The number of hydrogen-bond donors (Lipinski definition) is 2. The number of benzene rings is 2. The summed E-state index contributed by atoms with van der Waals surface area (Å²) >= 11 is 5.84. The third-order valence-corrected chi connectivity index (χ3v) is 5.30. The molecule has 31 heavy (non-hydrogen) atoms. The standard InChI is InChI=1S/C22H19ClF2N2O4/c23-13-3-1-12(2-4-13)10-27-22(29)16-11-26-19-15(20(16)28)9-17(24)18(25)21(19)31-14-5-7-30-8-6-14/h1-4,9,11,14H,5-8,10H2,(H,26,28)(H,27,29). The maximum absolute atomic E-state index is 14.5. The molecule has 0 aliphatic carbocycles. The van der Waals surface area contributed by atoms with Crippen LogP contribution in [0.4, 0.5) is 8.78 Å². The van der Waals surface area contributed by atoms with Crippen molar-refractivity contribution < 1.29 is 28.2 Å². The summed E-state index contributed by atoms with van der Waals surface area (Å²) in [6.45, 7) is 1.09. The van der Waals surface area contributed by atoms with Crippen LogP contribution in [0.15, 0.2) is 36.5 Å². The van der Waals surface area contributed by atoms with Gasteiger partial charge in [-0.05, 0) is 23.8 Å². The zero-order valence-electron chi connectivity index (χ0n) is 16.3. The highest BCUT2D eigenvalue weighted by atomic mass is 35.5. The zero-order chi connectivity index (χ0) is 22.0. The Labute approximate surface area is 181 Å². The molecule has 2 heterocycles. The van der Waals surface area contributed by atoms with Gasteiger partial charge < -0.3 is 19.9 Å². The van der Waals surface area contributed by atoms with Gasteiger partial charge in [0.1, 0.15) is 22.9 Å². The first-order valence-electron chi connectivity index (χ1n) is 9.70. The van der Waals surface area contributed by atoms with E-state index in [-0.39, 0.29) is 34.9 Å². The molecule has 4 rings (SSSR count). The second kappa shape index (κ2) is 9.03. The van der Waals surface area contributed by atoms with Crippen LogP contribution in [0.2, 0.25) is 5.02 Å². The van der Waals surface area contributed by atoms with Gasteiger partial charge in [-0.2, -0.15) is 4.39 Å². The average Bonchev–Trinajstić information content (AvgIpc) is 2.78. The van der Waals surface area contributed by atoms with Gasteiger partial charge in [0.15, 0.2) is 11.6 Å². The predicted octanol–water partition coefficient (Wildman–Crippen LogP) is 4.36. The number of pyridine rings is 1. The second-order valence-corrected chi connectivity index (χ2v) is 7.59. The molecule has 0 spiro atoms. The van der Waals surface area contributed by atoms with Crippen molar-refractivity contribution in [2.45, 2.75) is 25.5 Å². The van der Waals surface area contributed by atoms with Gasteiger partial charge in [-0.15, -0.1) is 0 Å². The van der Waals surface area contributed by atoms with Gasteiger partial charge in [0, 0.05) is 36.0 Å². The average molecular weight is 449 g/mol. The molecule has 0 radical (unpaired) electrons. The van der Waals surface area contributed by atoms with Gasteiger partial charge in [-0.25, -0.2) is 4.39 Å². The normalized spacial score (nSPS) is 14.5. The Hall–Kier alpha value is -2.97. The maximum atomic E-state index is 14.5. The molecule has 6 nitrogen and oxygen atoms in total. The van der Waals surface area contributed by atoms with Crippen molar-refractivity contribution in [3.05, 3.63) is 64.3 Å². The van der Waals surface area contributed by atoms with Gasteiger partial charge in [-0.1, -0.05) is 23.7 Å². The molecular weight excluding hydrogens is 430 g/mol. The summed E-state index contributed by atoms with van der Waals surface area (Å²) in [5.41, 5.74) is 0.577. The fourth-order valence-corrected chi connectivity index (χ4v) is 3.48. The highest BCUT2D eigenvalue weighted by Crippen LogP contribution is 2.37. The van der Waals surface area contributed by atoms with E-state index in [0.29, 0.717) is 31.1 Å². The Morgan fingerprint density at radius 3 is 2.68 bits per heavy atom. The summed E-state index contributed by atoms with van der Waals surface area (Å²) in [4.78, 5) is 16.6. The molecule has 1 fully saturated rings. The summed E-state index contributed by atoms with van der Waals surface area (Å²) in [5.74, 6) is -3.89. The monoisotopic (exact) mass is 448 g/mol. The van der Waals surface area contributed by atoms with Crippen molar-refractivity contribution in [1.29, 1.82) is 0 Å². The minimum atomic E-state index is -1.20. The van der Waals surface area contributed by atoms with Crippen LogP contribution in [0.3, 0.4) is 0 Å². The van der Waals surface area contributed by atoms with E-state index >= 15 is 0 Å². The van der Waals surface area contributed by atoms with Crippen molar-refractivity contribution in [3.8, 4) is 11.5 Å². The number of nitrogens with one attached hydrogen (secondary N) is 1. The molecule has 0 saturated carbocycles. The minimum Gasteiger partial charge on any atom is -0.506 e.